The van der Waals surface area contributed by atoms with Crippen molar-refractivity contribution in [2.24, 2.45) is 0 Å². The molecule has 0 unspecified atom stereocenters. The molecule has 0 aliphatic heterocycles. The largest absolute Gasteiger partial charge is 0.432 e. The molecule has 0 N–H and O–H groups in total. The number of benzene rings is 4. The van der Waals surface area contributed by atoms with Crippen molar-refractivity contribution in [3.63, 3.8) is 0 Å². The molecule has 0 saturated heterocycles. The van der Waals surface area contributed by atoms with E-state index in [9.17, 15) is 22.0 Å². The highest BCUT2D eigenvalue weighted by Gasteiger charge is 2.19. The van der Waals surface area contributed by atoms with Crippen molar-refractivity contribution in [3.8, 4) is 28.0 Å². The van der Waals surface area contributed by atoms with Crippen LogP contribution in [0.3, 0.4) is 0 Å². The molecule has 4 aromatic carbocycles. The summed E-state index contributed by atoms with van der Waals surface area (Å²) in [6.07, 6.45) is 2.94. The minimum Gasteiger partial charge on any atom is -0.432 e. The fraction of sp³-hybridized carbons (Fsp3) is 0.185. The molecule has 7 heteroatoms. The lowest BCUT2D eigenvalue weighted by Crippen LogP contribution is -2.04. The van der Waals surface area contributed by atoms with Crippen molar-refractivity contribution in [2.75, 3.05) is 0 Å². The van der Waals surface area contributed by atoms with E-state index >= 15 is 4.39 Å². The van der Waals surface area contributed by atoms with E-state index in [1.54, 1.807) is 12.1 Å². The maximum absolute atomic E-state index is 15.3. The van der Waals surface area contributed by atoms with Gasteiger partial charge < -0.3 is 4.74 Å². The van der Waals surface area contributed by atoms with E-state index in [1.165, 1.54) is 6.07 Å². The summed E-state index contributed by atoms with van der Waals surface area (Å²) < 4.78 is 87.8. The summed E-state index contributed by atoms with van der Waals surface area (Å²) in [7, 11) is 0. The average Bonchev–Trinajstić information content (AvgIpc) is 2.79. The molecular weight excluding hydrogens is 454 g/mol. The number of ether oxygens (including phenoxy) is 1. The van der Waals surface area contributed by atoms with Gasteiger partial charge >= 0.3 is 6.61 Å². The van der Waals surface area contributed by atoms with Crippen molar-refractivity contribution in [3.05, 3.63) is 89.5 Å². The Morgan fingerprint density at radius 1 is 0.765 bits per heavy atom. The topological polar surface area (TPSA) is 9.23 Å². The van der Waals surface area contributed by atoms with Crippen molar-refractivity contribution >= 4 is 10.8 Å². The molecule has 0 radical (unpaired) electrons. The second-order valence-corrected chi connectivity index (χ2v) is 7.92. The predicted molar refractivity (Wildman–Crippen MR) is 120 cm³/mol. The second-order valence-electron chi connectivity index (χ2n) is 7.92. The molecule has 176 valence electrons. The van der Waals surface area contributed by atoms with Crippen molar-refractivity contribution in [1.29, 1.82) is 0 Å². The van der Waals surface area contributed by atoms with E-state index in [4.69, 9.17) is 0 Å². The van der Waals surface area contributed by atoms with Crippen molar-refractivity contribution < 1.29 is 31.1 Å². The maximum atomic E-state index is 15.3. The first-order chi connectivity index (χ1) is 16.3. The Hall–Kier alpha value is -3.48. The van der Waals surface area contributed by atoms with Gasteiger partial charge in [0.15, 0.2) is 11.6 Å². The van der Waals surface area contributed by atoms with Gasteiger partial charge in [-0.1, -0.05) is 49.7 Å². The molecule has 1 nitrogen and oxygen atoms in total. The SMILES string of the molecule is CCCCc1ccc2c(F)c(-c3cc(F)c(-c4ccc(OC(F)F)c(F)c4)c(F)c3)ccc2c1. The molecule has 0 fully saturated rings. The van der Waals surface area contributed by atoms with Gasteiger partial charge in [-0.05, 0) is 59.2 Å². The Morgan fingerprint density at radius 3 is 2.12 bits per heavy atom. The zero-order chi connectivity index (χ0) is 24.4. The summed E-state index contributed by atoms with van der Waals surface area (Å²) in [5.74, 6) is -4.64. The van der Waals surface area contributed by atoms with Crippen LogP contribution >= 0.6 is 0 Å². The minimum atomic E-state index is -3.24. The zero-order valence-electron chi connectivity index (χ0n) is 18.1. The van der Waals surface area contributed by atoms with Crippen LogP contribution in [-0.4, -0.2) is 6.61 Å². The van der Waals surface area contributed by atoms with Crippen LogP contribution in [0.1, 0.15) is 25.3 Å². The van der Waals surface area contributed by atoms with Crippen LogP contribution in [0, 0.1) is 23.3 Å². The molecular formula is C27H20F6O. The first-order valence-corrected chi connectivity index (χ1v) is 10.7. The lowest BCUT2D eigenvalue weighted by Gasteiger charge is -2.12. The fourth-order valence-corrected chi connectivity index (χ4v) is 3.95. The number of aryl methyl sites for hydroxylation is 1. The average molecular weight is 474 g/mol. The van der Waals surface area contributed by atoms with Crippen molar-refractivity contribution in [1.82, 2.24) is 0 Å². The van der Waals surface area contributed by atoms with Gasteiger partial charge in [-0.25, -0.2) is 17.6 Å². The van der Waals surface area contributed by atoms with Gasteiger partial charge in [-0.2, -0.15) is 8.78 Å². The van der Waals surface area contributed by atoms with E-state index in [0.29, 0.717) is 16.8 Å². The molecule has 0 spiro atoms. The smallest absolute Gasteiger partial charge is 0.387 e. The Kier molecular flexibility index (Phi) is 6.82. The number of hydrogen-bond donors (Lipinski definition) is 0. The zero-order valence-corrected chi connectivity index (χ0v) is 18.1. The normalized spacial score (nSPS) is 11.4. The third-order valence-corrected chi connectivity index (χ3v) is 5.63. The fourth-order valence-electron chi connectivity index (χ4n) is 3.95. The van der Waals surface area contributed by atoms with E-state index in [2.05, 4.69) is 11.7 Å². The third-order valence-electron chi connectivity index (χ3n) is 5.63. The number of halogens is 6. The van der Waals surface area contributed by atoms with E-state index in [1.807, 2.05) is 12.1 Å². The summed E-state index contributed by atoms with van der Waals surface area (Å²) in [5, 5.41) is 1.02. The molecule has 0 aromatic heterocycles. The maximum Gasteiger partial charge on any atom is 0.387 e. The quantitative estimate of drug-likeness (QED) is 0.244. The number of unbranched alkanes of at least 4 members (excludes halogenated alkanes) is 1. The summed E-state index contributed by atoms with van der Waals surface area (Å²) in [6.45, 7) is -1.16. The molecule has 0 bridgehead atoms. The van der Waals surface area contributed by atoms with Crippen LogP contribution in [0.4, 0.5) is 26.3 Å². The Morgan fingerprint density at radius 2 is 1.47 bits per heavy atom. The number of alkyl halides is 2. The van der Waals surface area contributed by atoms with Crippen LogP contribution in [0.2, 0.25) is 0 Å². The molecule has 34 heavy (non-hydrogen) atoms. The summed E-state index contributed by atoms with van der Waals surface area (Å²) in [4.78, 5) is 0. The van der Waals surface area contributed by atoms with Gasteiger partial charge in [0.25, 0.3) is 0 Å². The number of fused-ring (bicyclic) bond motifs is 1. The molecule has 4 aromatic rings. The van der Waals surface area contributed by atoms with Crippen molar-refractivity contribution in [2.45, 2.75) is 32.8 Å². The predicted octanol–water partition coefficient (Wildman–Crippen LogP) is 8.67. The Bertz CT molecular complexity index is 1330. The van der Waals surface area contributed by atoms with E-state index in [-0.39, 0.29) is 16.7 Å². The van der Waals surface area contributed by atoms with Gasteiger partial charge in [0.1, 0.15) is 17.5 Å². The van der Waals surface area contributed by atoms with E-state index in [0.717, 1.165) is 49.1 Å². The highest BCUT2D eigenvalue weighted by molar-refractivity contribution is 5.89. The lowest BCUT2D eigenvalue weighted by molar-refractivity contribution is -0.0521. The molecule has 0 aliphatic carbocycles. The van der Waals surface area contributed by atoms with Crippen LogP contribution in [0.25, 0.3) is 33.0 Å². The highest BCUT2D eigenvalue weighted by atomic mass is 19.3. The van der Waals surface area contributed by atoms with Gasteiger partial charge in [0, 0.05) is 10.9 Å². The van der Waals surface area contributed by atoms with Crippen LogP contribution < -0.4 is 4.74 Å². The summed E-state index contributed by atoms with van der Waals surface area (Å²) in [5.41, 5.74) is 0.309. The standard InChI is InChI=1S/C27H20F6O/c1-2-3-4-15-5-8-19-16(11-15)6-9-20(26(19)31)18-13-22(29)25(23(30)14-18)17-7-10-24(21(28)12-17)34-27(32)33/h5-14,27H,2-4H2,1H3. The van der Waals surface area contributed by atoms with Crippen LogP contribution in [0.15, 0.2) is 60.7 Å². The first kappa shape index (κ1) is 23.7. The summed E-state index contributed by atoms with van der Waals surface area (Å²) in [6, 6.07) is 13.1. The van der Waals surface area contributed by atoms with Gasteiger partial charge in [0.05, 0.1) is 5.56 Å². The molecule has 0 saturated carbocycles. The van der Waals surface area contributed by atoms with Crippen LogP contribution in [-0.2, 0) is 6.42 Å². The first-order valence-electron chi connectivity index (χ1n) is 10.7. The highest BCUT2D eigenvalue weighted by Crippen LogP contribution is 2.35. The van der Waals surface area contributed by atoms with Crippen LogP contribution in [0.5, 0.6) is 5.75 Å². The molecule has 0 heterocycles. The summed E-state index contributed by atoms with van der Waals surface area (Å²) >= 11 is 0. The minimum absolute atomic E-state index is 0.0185. The number of rotatable bonds is 7. The Labute approximate surface area is 192 Å². The number of hydrogen-bond acceptors (Lipinski definition) is 1. The second kappa shape index (κ2) is 9.79. The van der Waals surface area contributed by atoms with Gasteiger partial charge in [-0.3, -0.25) is 0 Å². The molecule has 4 rings (SSSR count). The molecule has 0 amide bonds. The van der Waals surface area contributed by atoms with E-state index < -0.39 is 41.2 Å². The Balaban J connectivity index is 1.72. The molecule has 0 aliphatic rings. The van der Waals surface area contributed by atoms with Gasteiger partial charge in [0.2, 0.25) is 0 Å². The third kappa shape index (κ3) is 4.74. The monoisotopic (exact) mass is 474 g/mol. The van der Waals surface area contributed by atoms with Gasteiger partial charge in [-0.15, -0.1) is 0 Å². The lowest BCUT2D eigenvalue weighted by atomic mass is 9.95. The molecule has 0 atom stereocenters.